The quantitative estimate of drug-likeness (QED) is 0.178. The predicted octanol–water partition coefficient (Wildman–Crippen LogP) is 6.85. The summed E-state index contributed by atoms with van der Waals surface area (Å²) in [6, 6.07) is 18.9. The minimum absolute atomic E-state index is 0.233. The SMILES string of the molecule is O=C(O)CCCCCN1C=CC(=CC=Cc2cc[n+](CCCCCC(=O)O)c3ccccc23)c2ccccc21. The molecule has 0 bridgehead atoms. The molecule has 0 atom stereocenters. The van der Waals surface area contributed by atoms with E-state index in [9.17, 15) is 9.59 Å². The maximum absolute atomic E-state index is 10.7. The van der Waals surface area contributed by atoms with Crippen LogP contribution in [0, 0.1) is 0 Å². The summed E-state index contributed by atoms with van der Waals surface area (Å²) in [5.41, 5.74) is 5.84. The van der Waals surface area contributed by atoms with Gasteiger partial charge in [-0.05, 0) is 55.0 Å². The van der Waals surface area contributed by atoms with Crippen LogP contribution in [0.3, 0.4) is 0 Å². The number of allylic oxidation sites excluding steroid dienone is 4. The lowest BCUT2D eigenvalue weighted by atomic mass is 9.99. The Morgan fingerprint density at radius 3 is 2.33 bits per heavy atom. The number of hydrogen-bond acceptors (Lipinski definition) is 3. The number of nitrogens with zero attached hydrogens (tertiary/aromatic N) is 2. The van der Waals surface area contributed by atoms with E-state index in [2.05, 4.69) is 101 Å². The molecule has 1 aliphatic heterocycles. The van der Waals surface area contributed by atoms with Crippen molar-refractivity contribution in [1.82, 2.24) is 0 Å². The lowest BCUT2D eigenvalue weighted by molar-refractivity contribution is -0.671. The molecule has 2 heterocycles. The van der Waals surface area contributed by atoms with Crippen LogP contribution in [0.15, 0.2) is 85.2 Å². The maximum Gasteiger partial charge on any atom is 0.303 e. The van der Waals surface area contributed by atoms with Crippen molar-refractivity contribution in [1.29, 1.82) is 0 Å². The van der Waals surface area contributed by atoms with E-state index in [0.29, 0.717) is 12.8 Å². The number of benzene rings is 2. The Morgan fingerprint density at radius 1 is 0.821 bits per heavy atom. The fraction of sp³-hybridized carbons (Fsp3) is 0.303. The Labute approximate surface area is 230 Å². The number of anilines is 1. The normalized spacial score (nSPS) is 13.8. The average molecular weight is 526 g/mol. The van der Waals surface area contributed by atoms with E-state index in [1.165, 1.54) is 22.2 Å². The van der Waals surface area contributed by atoms with Gasteiger partial charge in [0.25, 0.3) is 0 Å². The molecule has 0 fully saturated rings. The van der Waals surface area contributed by atoms with Crippen molar-refractivity contribution in [3.63, 3.8) is 0 Å². The van der Waals surface area contributed by atoms with Gasteiger partial charge in [-0.15, -0.1) is 0 Å². The van der Waals surface area contributed by atoms with Gasteiger partial charge in [0, 0.05) is 55.4 Å². The van der Waals surface area contributed by atoms with Gasteiger partial charge in [0.05, 0.1) is 5.39 Å². The number of carboxylic acids is 2. The number of aromatic nitrogens is 1. The van der Waals surface area contributed by atoms with Crippen LogP contribution >= 0.6 is 0 Å². The molecule has 2 aromatic carbocycles. The van der Waals surface area contributed by atoms with Crippen molar-refractivity contribution < 1.29 is 24.4 Å². The number of aryl methyl sites for hydroxylation is 1. The molecule has 6 nitrogen and oxygen atoms in total. The highest BCUT2D eigenvalue weighted by molar-refractivity contribution is 5.89. The molecule has 0 radical (unpaired) electrons. The van der Waals surface area contributed by atoms with E-state index in [-0.39, 0.29) is 12.8 Å². The summed E-state index contributed by atoms with van der Waals surface area (Å²) in [4.78, 5) is 23.7. The standard InChI is InChI=1S/C33H36N2O4/c36-32(37)18-3-1-9-22-34-24-20-26(28-14-5-7-16-30(28)34)12-11-13-27-21-25-35(23-10-2-4-19-33(38)39)31-17-8-6-15-29(27)31/h5-8,11-17,20-21,24-25H,1-4,9-10,18-19,22-23H2,(H-,36,37,38,39)/p+1. The number of pyridine rings is 1. The highest BCUT2D eigenvalue weighted by Crippen LogP contribution is 2.33. The lowest BCUT2D eigenvalue weighted by Crippen LogP contribution is -2.34. The summed E-state index contributed by atoms with van der Waals surface area (Å²) in [6.07, 6.45) is 18.4. The molecular weight excluding hydrogens is 488 g/mol. The van der Waals surface area contributed by atoms with Crippen LogP contribution in [0.5, 0.6) is 0 Å². The third-order valence-electron chi connectivity index (χ3n) is 7.05. The minimum atomic E-state index is -0.728. The third kappa shape index (κ3) is 7.90. The summed E-state index contributed by atoms with van der Waals surface area (Å²) < 4.78 is 2.25. The minimum Gasteiger partial charge on any atom is -0.481 e. The number of unbranched alkanes of at least 4 members (excludes halogenated alkanes) is 4. The molecule has 4 rings (SSSR count). The Bertz CT molecular complexity index is 1390. The third-order valence-corrected chi connectivity index (χ3v) is 7.05. The predicted molar refractivity (Wildman–Crippen MR) is 156 cm³/mol. The number of hydrogen-bond donors (Lipinski definition) is 2. The summed E-state index contributed by atoms with van der Waals surface area (Å²) in [7, 11) is 0. The molecule has 0 saturated heterocycles. The number of carboxylic acid groups (broad SMARTS) is 2. The molecule has 6 heteroatoms. The number of carbonyl (C=O) groups is 2. The molecule has 0 saturated carbocycles. The number of fused-ring (bicyclic) bond motifs is 2. The van der Waals surface area contributed by atoms with E-state index in [1.807, 2.05) is 0 Å². The van der Waals surface area contributed by atoms with Crippen LogP contribution in [0.4, 0.5) is 5.69 Å². The summed E-state index contributed by atoms with van der Waals surface area (Å²) in [5.74, 6) is -1.46. The molecule has 2 N–H and O–H groups in total. The van der Waals surface area contributed by atoms with Gasteiger partial charge in [-0.3, -0.25) is 9.59 Å². The van der Waals surface area contributed by atoms with Gasteiger partial charge in [0.15, 0.2) is 6.20 Å². The zero-order valence-corrected chi connectivity index (χ0v) is 22.3. The Hall–Kier alpha value is -4.19. The lowest BCUT2D eigenvalue weighted by Gasteiger charge is -2.27. The Morgan fingerprint density at radius 2 is 1.54 bits per heavy atom. The maximum atomic E-state index is 10.7. The van der Waals surface area contributed by atoms with Gasteiger partial charge in [0.1, 0.15) is 6.54 Å². The van der Waals surface area contributed by atoms with E-state index in [4.69, 9.17) is 10.2 Å². The zero-order chi connectivity index (χ0) is 27.5. The second-order valence-corrected chi connectivity index (χ2v) is 9.90. The first-order valence-electron chi connectivity index (χ1n) is 13.8. The molecule has 3 aromatic rings. The van der Waals surface area contributed by atoms with Crippen molar-refractivity contribution in [2.45, 2.75) is 57.9 Å². The first-order chi connectivity index (χ1) is 19.0. The molecular formula is C33H37N2O4+. The average Bonchev–Trinajstić information content (AvgIpc) is 2.94. The van der Waals surface area contributed by atoms with E-state index in [1.54, 1.807) is 0 Å². The van der Waals surface area contributed by atoms with Crippen molar-refractivity contribution in [3.8, 4) is 0 Å². The summed E-state index contributed by atoms with van der Waals surface area (Å²) in [6.45, 7) is 1.73. The summed E-state index contributed by atoms with van der Waals surface area (Å²) >= 11 is 0. The van der Waals surface area contributed by atoms with E-state index in [0.717, 1.165) is 49.9 Å². The zero-order valence-electron chi connectivity index (χ0n) is 22.3. The van der Waals surface area contributed by atoms with Crippen LogP contribution < -0.4 is 9.47 Å². The van der Waals surface area contributed by atoms with Crippen LogP contribution in [0.25, 0.3) is 22.6 Å². The number of aliphatic carboxylic acids is 2. The molecule has 1 aliphatic rings. The van der Waals surface area contributed by atoms with E-state index < -0.39 is 11.9 Å². The highest BCUT2D eigenvalue weighted by atomic mass is 16.4. The highest BCUT2D eigenvalue weighted by Gasteiger charge is 2.15. The molecule has 0 amide bonds. The smallest absolute Gasteiger partial charge is 0.303 e. The Balaban J connectivity index is 1.44. The molecule has 0 unspecified atom stereocenters. The molecule has 0 spiro atoms. The van der Waals surface area contributed by atoms with Gasteiger partial charge in [-0.1, -0.05) is 55.0 Å². The molecule has 1 aromatic heterocycles. The monoisotopic (exact) mass is 525 g/mol. The number of rotatable bonds is 14. The van der Waals surface area contributed by atoms with Crippen molar-refractivity contribution in [3.05, 3.63) is 96.3 Å². The van der Waals surface area contributed by atoms with Crippen molar-refractivity contribution in [2.75, 3.05) is 11.4 Å². The second kappa shape index (κ2) is 14.1. The van der Waals surface area contributed by atoms with Crippen LogP contribution in [-0.2, 0) is 16.1 Å². The van der Waals surface area contributed by atoms with Gasteiger partial charge < -0.3 is 15.1 Å². The molecule has 202 valence electrons. The van der Waals surface area contributed by atoms with E-state index >= 15 is 0 Å². The summed E-state index contributed by atoms with van der Waals surface area (Å²) in [5, 5.41) is 18.9. The first kappa shape index (κ1) is 27.8. The fourth-order valence-corrected chi connectivity index (χ4v) is 5.02. The van der Waals surface area contributed by atoms with Gasteiger partial charge in [-0.25, -0.2) is 0 Å². The Kier molecular flexibility index (Phi) is 10.1. The van der Waals surface area contributed by atoms with Crippen molar-refractivity contribution in [2.24, 2.45) is 0 Å². The van der Waals surface area contributed by atoms with Crippen molar-refractivity contribution >= 4 is 40.2 Å². The first-order valence-corrected chi connectivity index (χ1v) is 13.8. The topological polar surface area (TPSA) is 81.7 Å². The van der Waals surface area contributed by atoms with Gasteiger partial charge >= 0.3 is 11.9 Å². The largest absolute Gasteiger partial charge is 0.481 e. The molecule has 39 heavy (non-hydrogen) atoms. The van der Waals surface area contributed by atoms with Crippen LogP contribution in [0.2, 0.25) is 0 Å². The van der Waals surface area contributed by atoms with Crippen LogP contribution in [-0.4, -0.2) is 28.7 Å². The second-order valence-electron chi connectivity index (χ2n) is 9.90. The van der Waals surface area contributed by atoms with Crippen LogP contribution in [0.1, 0.15) is 62.5 Å². The molecule has 0 aliphatic carbocycles. The fourth-order valence-electron chi connectivity index (χ4n) is 5.02. The van der Waals surface area contributed by atoms with Gasteiger partial charge in [0.2, 0.25) is 5.52 Å². The van der Waals surface area contributed by atoms with Gasteiger partial charge in [-0.2, -0.15) is 4.57 Å². The number of para-hydroxylation sites is 2.